The Morgan fingerprint density at radius 2 is 0.737 bits per heavy atom. The summed E-state index contributed by atoms with van der Waals surface area (Å²) in [6.07, 6.45) is 0. The molecule has 0 heterocycles. The van der Waals surface area contributed by atoms with Crippen molar-refractivity contribution in [2.45, 2.75) is 0 Å². The molecule has 11 nitrogen and oxygen atoms in total. The third kappa shape index (κ3) is 24.6. The minimum absolute atomic E-state index is 0.697. The van der Waals surface area contributed by atoms with Gasteiger partial charge in [-0.2, -0.15) is 0 Å². The highest BCUT2D eigenvalue weighted by atomic mass is 15.2. The third-order valence-electron chi connectivity index (χ3n) is 6.90. The second-order valence-corrected chi connectivity index (χ2v) is 11.3. The van der Waals surface area contributed by atoms with E-state index in [1.807, 2.05) is 0 Å². The SMILES string of the molecule is CN(C)CCN(C)CCNCCN(CCN(C)CCN)CCN(C)CCN(CCNCCN)CCN(C)C. The first kappa shape index (κ1) is 37.6. The molecule has 0 aliphatic carbocycles. The molecule has 0 fully saturated rings. The zero-order valence-corrected chi connectivity index (χ0v) is 26.4. The Bertz CT molecular complexity index is 496. The summed E-state index contributed by atoms with van der Waals surface area (Å²) in [4.78, 5) is 16.9. The molecule has 0 rings (SSSR count). The minimum atomic E-state index is 0.697. The van der Waals surface area contributed by atoms with Gasteiger partial charge >= 0.3 is 0 Å². The summed E-state index contributed by atoms with van der Waals surface area (Å²) in [5.41, 5.74) is 11.4. The maximum atomic E-state index is 5.76. The van der Waals surface area contributed by atoms with Crippen LogP contribution in [0.5, 0.6) is 0 Å². The van der Waals surface area contributed by atoms with Gasteiger partial charge < -0.3 is 46.6 Å². The van der Waals surface area contributed by atoms with Gasteiger partial charge in [-0.25, -0.2) is 0 Å². The van der Waals surface area contributed by atoms with Crippen LogP contribution >= 0.6 is 0 Å². The lowest BCUT2D eigenvalue weighted by molar-refractivity contribution is 0.178. The van der Waals surface area contributed by atoms with Crippen molar-refractivity contribution in [1.82, 2.24) is 44.9 Å². The quantitative estimate of drug-likeness (QED) is 0.0793. The number of hydrogen-bond acceptors (Lipinski definition) is 11. The van der Waals surface area contributed by atoms with Crippen molar-refractivity contribution in [2.75, 3.05) is 180 Å². The van der Waals surface area contributed by atoms with E-state index in [4.69, 9.17) is 11.5 Å². The van der Waals surface area contributed by atoms with Crippen molar-refractivity contribution in [3.05, 3.63) is 0 Å². The fraction of sp³-hybridized carbons (Fsp3) is 1.00. The average Bonchev–Trinajstić information content (AvgIpc) is 2.87. The van der Waals surface area contributed by atoms with Gasteiger partial charge in [0.25, 0.3) is 0 Å². The molecule has 0 aliphatic heterocycles. The Morgan fingerprint density at radius 1 is 0.368 bits per heavy atom. The Kier molecular flexibility index (Phi) is 25.2. The highest BCUT2D eigenvalue weighted by Gasteiger charge is 2.11. The second kappa shape index (κ2) is 25.5. The molecular weight excluding hydrogens is 478 g/mol. The second-order valence-electron chi connectivity index (χ2n) is 11.3. The molecule has 0 unspecified atom stereocenters. The number of nitrogens with zero attached hydrogens (tertiary/aromatic N) is 7. The summed E-state index contributed by atoms with van der Waals surface area (Å²) >= 11 is 0. The largest absolute Gasteiger partial charge is 0.329 e. The number of nitrogens with two attached hydrogens (primary N) is 2. The maximum Gasteiger partial charge on any atom is 0.0110 e. The van der Waals surface area contributed by atoms with Crippen LogP contribution in [0.1, 0.15) is 0 Å². The Morgan fingerprint density at radius 3 is 1.21 bits per heavy atom. The number of nitrogens with one attached hydrogen (secondary N) is 2. The van der Waals surface area contributed by atoms with Crippen LogP contribution in [-0.2, 0) is 0 Å². The molecule has 0 saturated heterocycles. The smallest absolute Gasteiger partial charge is 0.0110 e. The summed E-state index contributed by atoms with van der Waals surface area (Å²) in [5, 5.41) is 7.09. The van der Waals surface area contributed by atoms with E-state index in [0.717, 1.165) is 118 Å². The molecule has 0 bridgehead atoms. The van der Waals surface area contributed by atoms with Crippen molar-refractivity contribution in [2.24, 2.45) is 11.5 Å². The van der Waals surface area contributed by atoms with E-state index in [-0.39, 0.29) is 0 Å². The van der Waals surface area contributed by atoms with E-state index in [0.29, 0.717) is 13.1 Å². The van der Waals surface area contributed by atoms with E-state index >= 15 is 0 Å². The van der Waals surface area contributed by atoms with Gasteiger partial charge in [0.15, 0.2) is 0 Å². The van der Waals surface area contributed by atoms with Crippen LogP contribution in [0.3, 0.4) is 0 Å². The molecule has 0 atom stereocenters. The Hall–Kier alpha value is -0.440. The lowest BCUT2D eigenvalue weighted by Gasteiger charge is -2.29. The summed E-state index contributed by atoms with van der Waals surface area (Å²) in [6, 6.07) is 0. The molecule has 0 aromatic carbocycles. The van der Waals surface area contributed by atoms with Crippen LogP contribution in [0.25, 0.3) is 0 Å². The lowest BCUT2D eigenvalue weighted by Crippen LogP contribution is -2.44. The van der Waals surface area contributed by atoms with Crippen LogP contribution < -0.4 is 22.1 Å². The van der Waals surface area contributed by atoms with Crippen molar-refractivity contribution in [3.63, 3.8) is 0 Å². The summed E-state index contributed by atoms with van der Waals surface area (Å²) in [5.74, 6) is 0. The maximum absolute atomic E-state index is 5.76. The molecule has 6 N–H and O–H groups in total. The van der Waals surface area contributed by atoms with Crippen molar-refractivity contribution in [3.8, 4) is 0 Å². The molecule has 230 valence electrons. The highest BCUT2D eigenvalue weighted by molar-refractivity contribution is 4.69. The van der Waals surface area contributed by atoms with Crippen LogP contribution in [-0.4, -0.2) is 215 Å². The summed E-state index contributed by atoms with van der Waals surface area (Å²) in [7, 11) is 15.2. The van der Waals surface area contributed by atoms with E-state index < -0.39 is 0 Å². The minimum Gasteiger partial charge on any atom is -0.329 e. The van der Waals surface area contributed by atoms with Gasteiger partial charge in [0.1, 0.15) is 0 Å². The third-order valence-corrected chi connectivity index (χ3v) is 6.90. The van der Waals surface area contributed by atoms with Gasteiger partial charge in [-0.15, -0.1) is 0 Å². The highest BCUT2D eigenvalue weighted by Crippen LogP contribution is 1.95. The normalized spacial score (nSPS) is 12.6. The predicted molar refractivity (Wildman–Crippen MR) is 166 cm³/mol. The summed E-state index contributed by atoms with van der Waals surface area (Å²) < 4.78 is 0. The first-order chi connectivity index (χ1) is 18.2. The molecular formula is C27H67N11. The lowest BCUT2D eigenvalue weighted by atomic mass is 10.3. The van der Waals surface area contributed by atoms with Gasteiger partial charge in [0.05, 0.1) is 0 Å². The first-order valence-corrected chi connectivity index (χ1v) is 14.8. The van der Waals surface area contributed by atoms with E-state index in [2.05, 4.69) is 94.3 Å². The zero-order valence-electron chi connectivity index (χ0n) is 26.4. The van der Waals surface area contributed by atoms with Crippen LogP contribution in [0.15, 0.2) is 0 Å². The molecule has 0 radical (unpaired) electrons. The molecule has 0 aromatic rings. The van der Waals surface area contributed by atoms with Gasteiger partial charge in [-0.3, -0.25) is 9.80 Å². The van der Waals surface area contributed by atoms with Crippen molar-refractivity contribution < 1.29 is 0 Å². The number of hydrogen-bond donors (Lipinski definition) is 4. The zero-order chi connectivity index (χ0) is 28.6. The molecule has 11 heteroatoms. The predicted octanol–water partition coefficient (Wildman–Crippen LogP) is -2.39. The first-order valence-electron chi connectivity index (χ1n) is 14.8. The molecule has 0 amide bonds. The monoisotopic (exact) mass is 546 g/mol. The Labute approximate surface area is 236 Å². The molecule has 0 aliphatic rings. The fourth-order valence-corrected chi connectivity index (χ4v) is 3.97. The molecule has 0 spiro atoms. The van der Waals surface area contributed by atoms with Crippen LogP contribution in [0.4, 0.5) is 0 Å². The van der Waals surface area contributed by atoms with Gasteiger partial charge in [0, 0.05) is 131 Å². The van der Waals surface area contributed by atoms with Gasteiger partial charge in [-0.05, 0) is 49.3 Å². The average molecular weight is 546 g/mol. The number of rotatable bonds is 28. The van der Waals surface area contributed by atoms with Crippen molar-refractivity contribution in [1.29, 1.82) is 0 Å². The molecule has 0 saturated carbocycles. The van der Waals surface area contributed by atoms with E-state index in [1.165, 1.54) is 0 Å². The van der Waals surface area contributed by atoms with Crippen LogP contribution in [0.2, 0.25) is 0 Å². The Balaban J connectivity index is 4.51. The van der Waals surface area contributed by atoms with Gasteiger partial charge in [0.2, 0.25) is 0 Å². The van der Waals surface area contributed by atoms with Crippen molar-refractivity contribution >= 4 is 0 Å². The van der Waals surface area contributed by atoms with E-state index in [1.54, 1.807) is 0 Å². The molecule has 0 aromatic heterocycles. The number of likely N-dealkylation sites (N-methyl/N-ethyl adjacent to an activating group) is 5. The summed E-state index contributed by atoms with van der Waals surface area (Å²) in [6.45, 7) is 20.4. The van der Waals surface area contributed by atoms with Crippen LogP contribution in [0, 0.1) is 0 Å². The standard InChI is InChI=1S/C27H67N11/c1-32(2)18-20-35(6)15-11-31-13-17-38(25-21-34(5)14-9-29)27-23-36(7)22-26-37(24-19-33(3)4)16-12-30-10-8-28/h30-31H,8-29H2,1-7H3. The topological polar surface area (TPSA) is 98.8 Å². The molecule has 38 heavy (non-hydrogen) atoms. The van der Waals surface area contributed by atoms with Gasteiger partial charge in [-0.1, -0.05) is 0 Å². The van der Waals surface area contributed by atoms with E-state index in [9.17, 15) is 0 Å². The fourth-order valence-electron chi connectivity index (χ4n) is 3.97.